The van der Waals surface area contributed by atoms with Crippen molar-refractivity contribution in [1.29, 1.82) is 0 Å². The van der Waals surface area contributed by atoms with E-state index in [9.17, 15) is 22.8 Å². The number of carbonyl (C=O) groups is 2. The number of fused-ring (bicyclic) bond motifs is 1. The summed E-state index contributed by atoms with van der Waals surface area (Å²) < 4.78 is 57.8. The van der Waals surface area contributed by atoms with Gasteiger partial charge in [-0.1, -0.05) is 18.2 Å². The second-order valence-electron chi connectivity index (χ2n) is 9.20. The number of ether oxygens (including phenoxy) is 3. The number of benzene rings is 3. The number of aromatic nitrogens is 1. The second-order valence-corrected chi connectivity index (χ2v) is 9.20. The van der Waals surface area contributed by atoms with E-state index in [-0.39, 0.29) is 16.9 Å². The van der Waals surface area contributed by atoms with E-state index in [2.05, 4.69) is 5.32 Å². The van der Waals surface area contributed by atoms with Crippen LogP contribution in [0.2, 0.25) is 0 Å². The molecule has 0 fully saturated rings. The lowest BCUT2D eigenvalue weighted by atomic mass is 10.1. The van der Waals surface area contributed by atoms with Crippen molar-refractivity contribution >= 4 is 23.1 Å². The van der Waals surface area contributed by atoms with Crippen LogP contribution in [0.1, 0.15) is 37.7 Å². The third-order valence-electron chi connectivity index (χ3n) is 6.47. The molecule has 1 N–H and O–H groups in total. The van der Waals surface area contributed by atoms with Crippen molar-refractivity contribution in [2.24, 2.45) is 0 Å². The van der Waals surface area contributed by atoms with Crippen molar-refractivity contribution in [2.75, 3.05) is 25.1 Å². The number of carbonyl (C=O) groups excluding carboxylic acids is 2. The molecule has 3 aromatic carbocycles. The number of hydrogen-bond donors (Lipinski definition) is 1. The van der Waals surface area contributed by atoms with Gasteiger partial charge in [-0.25, -0.2) is 4.79 Å². The van der Waals surface area contributed by atoms with Gasteiger partial charge in [-0.2, -0.15) is 13.2 Å². The van der Waals surface area contributed by atoms with Gasteiger partial charge in [-0.05, 0) is 62.4 Å². The van der Waals surface area contributed by atoms with Crippen LogP contribution >= 0.6 is 0 Å². The maximum absolute atomic E-state index is 13.1. The minimum atomic E-state index is -4.51. The summed E-state index contributed by atoms with van der Waals surface area (Å²) in [5.41, 5.74) is 2.32. The molecule has 1 aliphatic heterocycles. The van der Waals surface area contributed by atoms with Crippen molar-refractivity contribution in [1.82, 2.24) is 4.57 Å². The van der Waals surface area contributed by atoms with E-state index >= 15 is 0 Å². The zero-order chi connectivity index (χ0) is 28.4. The van der Waals surface area contributed by atoms with Crippen LogP contribution < -0.4 is 14.8 Å². The van der Waals surface area contributed by atoms with Crippen LogP contribution in [0.5, 0.6) is 11.5 Å². The highest BCUT2D eigenvalue weighted by atomic mass is 19.4. The van der Waals surface area contributed by atoms with Gasteiger partial charge < -0.3 is 24.1 Å². The summed E-state index contributed by atoms with van der Waals surface area (Å²) in [6.07, 6.45) is -4.51. The first-order valence-electron chi connectivity index (χ1n) is 12.4. The van der Waals surface area contributed by atoms with Crippen LogP contribution in [0.15, 0.2) is 72.8 Å². The maximum atomic E-state index is 13.1. The lowest BCUT2D eigenvalue weighted by Gasteiger charge is -2.20. The summed E-state index contributed by atoms with van der Waals surface area (Å²) in [6, 6.07) is 18.1. The molecule has 1 aliphatic rings. The largest absolute Gasteiger partial charge is 0.486 e. The molecule has 5 rings (SSSR count). The van der Waals surface area contributed by atoms with Crippen LogP contribution in [-0.4, -0.2) is 36.1 Å². The zero-order valence-corrected chi connectivity index (χ0v) is 21.7. The highest BCUT2D eigenvalue weighted by Crippen LogP contribution is 2.34. The predicted molar refractivity (Wildman–Crippen MR) is 142 cm³/mol. The molecule has 4 aromatic rings. The first-order chi connectivity index (χ1) is 19.1. The van der Waals surface area contributed by atoms with Gasteiger partial charge in [0.2, 0.25) is 5.78 Å². The Kier molecular flexibility index (Phi) is 7.25. The highest BCUT2D eigenvalue weighted by Gasteiger charge is 2.30. The Balaban J connectivity index is 1.30. The molecule has 0 bridgehead atoms. The molecule has 10 heteroatoms. The first kappa shape index (κ1) is 26.9. The number of anilines is 2. The average molecular weight is 551 g/mol. The molecule has 0 aliphatic carbocycles. The molecule has 0 saturated heterocycles. The molecule has 0 spiro atoms. The third-order valence-corrected chi connectivity index (χ3v) is 6.47. The molecule has 40 heavy (non-hydrogen) atoms. The van der Waals surface area contributed by atoms with Gasteiger partial charge in [0.05, 0.1) is 16.8 Å². The summed E-state index contributed by atoms with van der Waals surface area (Å²) >= 11 is 0. The molecule has 0 radical (unpaired) electrons. The van der Waals surface area contributed by atoms with E-state index in [0.29, 0.717) is 36.0 Å². The zero-order valence-electron chi connectivity index (χ0n) is 21.7. The fraction of sp³-hybridized carbons (Fsp3) is 0.200. The number of Topliss-reactive ketones (excluding diaryl/α,β-unsaturated/α-hetero) is 1. The van der Waals surface area contributed by atoms with Crippen molar-refractivity contribution in [3.05, 3.63) is 101 Å². The summed E-state index contributed by atoms with van der Waals surface area (Å²) in [7, 11) is 0. The monoisotopic (exact) mass is 550 g/mol. The molecule has 0 atom stereocenters. The van der Waals surface area contributed by atoms with E-state index in [0.717, 1.165) is 23.5 Å². The fourth-order valence-corrected chi connectivity index (χ4v) is 4.60. The number of hydrogen-bond acceptors (Lipinski definition) is 6. The molecular formula is C30H25F3N2O5. The normalized spacial score (nSPS) is 12.6. The Morgan fingerprint density at radius 2 is 1.65 bits per heavy atom. The maximum Gasteiger partial charge on any atom is 0.416 e. The number of esters is 1. The first-order valence-corrected chi connectivity index (χ1v) is 12.4. The molecule has 206 valence electrons. The van der Waals surface area contributed by atoms with Crippen molar-refractivity contribution < 1.29 is 37.0 Å². The molecule has 0 unspecified atom stereocenters. The molecule has 0 amide bonds. The topological polar surface area (TPSA) is 78.8 Å². The third kappa shape index (κ3) is 5.51. The Morgan fingerprint density at radius 1 is 0.900 bits per heavy atom. The Labute approximate surface area is 228 Å². The van der Waals surface area contributed by atoms with Crippen LogP contribution in [0.3, 0.4) is 0 Å². The number of para-hydroxylation sites is 1. The van der Waals surface area contributed by atoms with Gasteiger partial charge in [0.1, 0.15) is 13.2 Å². The van der Waals surface area contributed by atoms with Crippen LogP contribution in [-0.2, 0) is 10.9 Å². The molecule has 2 heterocycles. The van der Waals surface area contributed by atoms with Crippen molar-refractivity contribution in [3.8, 4) is 17.2 Å². The minimum Gasteiger partial charge on any atom is -0.486 e. The quantitative estimate of drug-likeness (QED) is 0.205. The summed E-state index contributed by atoms with van der Waals surface area (Å²) in [5, 5.41) is 2.84. The lowest BCUT2D eigenvalue weighted by Crippen LogP contribution is -2.16. The van der Waals surface area contributed by atoms with E-state index in [1.807, 2.05) is 29.7 Å². The van der Waals surface area contributed by atoms with Gasteiger partial charge in [-0.15, -0.1) is 0 Å². The Bertz CT molecular complexity index is 1590. The van der Waals surface area contributed by atoms with E-state index in [1.165, 1.54) is 18.2 Å². The smallest absolute Gasteiger partial charge is 0.416 e. The van der Waals surface area contributed by atoms with Gasteiger partial charge in [0.15, 0.2) is 18.1 Å². The number of nitrogens with zero attached hydrogens (tertiary/aromatic N) is 1. The van der Waals surface area contributed by atoms with Crippen molar-refractivity contribution in [2.45, 2.75) is 20.0 Å². The van der Waals surface area contributed by atoms with Crippen molar-refractivity contribution in [3.63, 3.8) is 0 Å². The van der Waals surface area contributed by atoms with Gasteiger partial charge in [-0.3, -0.25) is 4.79 Å². The Hall–Kier alpha value is -4.73. The van der Waals surface area contributed by atoms with E-state index in [4.69, 9.17) is 14.2 Å². The van der Waals surface area contributed by atoms with Gasteiger partial charge >= 0.3 is 12.1 Å². The number of alkyl halides is 3. The van der Waals surface area contributed by atoms with Gasteiger partial charge in [0, 0.05) is 34.4 Å². The second kappa shape index (κ2) is 10.8. The van der Waals surface area contributed by atoms with Gasteiger partial charge in [0.25, 0.3) is 0 Å². The summed E-state index contributed by atoms with van der Waals surface area (Å²) in [5.74, 6) is 0.0941. The predicted octanol–water partition coefficient (Wildman–Crippen LogP) is 6.67. The van der Waals surface area contributed by atoms with Crippen LogP contribution in [0, 0.1) is 13.8 Å². The molecular weight excluding hydrogens is 525 g/mol. The number of nitrogens with one attached hydrogen (secondary N) is 1. The summed E-state index contributed by atoms with van der Waals surface area (Å²) in [6.45, 7) is 4.09. The average Bonchev–Trinajstić information content (AvgIpc) is 3.24. The fourth-order valence-electron chi connectivity index (χ4n) is 4.60. The SMILES string of the molecule is Cc1cc(C(=O)COC(=O)c2ccccc2Nc2cccc(C(F)(F)F)c2)c(C)n1-c1ccc2c(c1)OCCO2. The van der Waals surface area contributed by atoms with Crippen LogP contribution in [0.4, 0.5) is 24.5 Å². The van der Waals surface area contributed by atoms with E-state index in [1.54, 1.807) is 31.2 Å². The minimum absolute atomic E-state index is 0.0782. The number of halogens is 3. The van der Waals surface area contributed by atoms with Crippen LogP contribution in [0.25, 0.3) is 5.69 Å². The number of ketones is 1. The summed E-state index contributed by atoms with van der Waals surface area (Å²) in [4.78, 5) is 26.0. The molecule has 7 nitrogen and oxygen atoms in total. The highest BCUT2D eigenvalue weighted by molar-refractivity contribution is 6.02. The standard InChI is InChI=1S/C30H25F3N2O5/c1-18-14-24(19(2)35(18)22-10-11-27-28(16-22)39-13-12-38-27)26(36)17-40-29(37)23-8-3-4-9-25(23)34-21-7-5-6-20(15-21)30(31,32)33/h3-11,14-16,34H,12-13,17H2,1-2H3. The molecule has 1 aromatic heterocycles. The lowest BCUT2D eigenvalue weighted by molar-refractivity contribution is -0.137. The molecule has 0 saturated carbocycles. The Morgan fingerprint density at radius 3 is 2.42 bits per heavy atom. The number of rotatable bonds is 7. The van der Waals surface area contributed by atoms with E-state index < -0.39 is 30.1 Å². The number of aryl methyl sites for hydroxylation is 1.